The van der Waals surface area contributed by atoms with Crippen LogP contribution in [-0.2, 0) is 0 Å². The fourth-order valence-corrected chi connectivity index (χ4v) is 2.54. The van der Waals surface area contributed by atoms with Crippen molar-refractivity contribution in [2.45, 2.75) is 13.0 Å². The Labute approximate surface area is 141 Å². The molecule has 23 heavy (non-hydrogen) atoms. The fourth-order valence-electron chi connectivity index (χ4n) is 2.12. The molecule has 2 rings (SSSR count). The number of methoxy groups -OCH3 is 1. The smallest absolute Gasteiger partial charge is 0.270 e. The van der Waals surface area contributed by atoms with Gasteiger partial charge in [-0.25, -0.2) is 0 Å². The van der Waals surface area contributed by atoms with E-state index in [1.54, 1.807) is 0 Å². The lowest BCUT2D eigenvalue weighted by Crippen LogP contribution is -2.27. The summed E-state index contributed by atoms with van der Waals surface area (Å²) in [6.07, 6.45) is 0. The van der Waals surface area contributed by atoms with Crippen LogP contribution in [0.4, 0.5) is 5.69 Å². The van der Waals surface area contributed by atoms with E-state index >= 15 is 0 Å². The number of rotatable bonds is 5. The molecule has 0 aliphatic carbocycles. The zero-order valence-electron chi connectivity index (χ0n) is 12.6. The van der Waals surface area contributed by atoms with Gasteiger partial charge in [0.05, 0.1) is 23.6 Å². The first kappa shape index (κ1) is 17.0. The second-order valence-electron chi connectivity index (χ2n) is 4.89. The van der Waals surface area contributed by atoms with Gasteiger partial charge in [0.2, 0.25) is 0 Å². The highest BCUT2D eigenvalue weighted by Gasteiger charge is 2.19. The van der Waals surface area contributed by atoms with Crippen LogP contribution in [0.1, 0.15) is 28.9 Å². The van der Waals surface area contributed by atoms with E-state index < -0.39 is 10.8 Å². The molecule has 0 aliphatic heterocycles. The molecule has 0 saturated heterocycles. The van der Waals surface area contributed by atoms with Gasteiger partial charge in [0.15, 0.2) is 0 Å². The molecule has 0 heterocycles. The van der Waals surface area contributed by atoms with Gasteiger partial charge in [-0.15, -0.1) is 0 Å². The Hall–Kier alpha value is -2.41. The summed E-state index contributed by atoms with van der Waals surface area (Å²) in [5, 5.41) is 13.7. The van der Waals surface area contributed by atoms with Gasteiger partial charge in [-0.2, -0.15) is 0 Å². The number of nitro groups is 1. The van der Waals surface area contributed by atoms with Crippen LogP contribution < -0.4 is 10.1 Å². The number of ether oxygens (including phenoxy) is 1. The molecule has 1 N–H and O–H groups in total. The Kier molecular flexibility index (Phi) is 5.33. The fraction of sp³-hybridized carbons (Fsp3) is 0.188. The van der Waals surface area contributed by atoms with E-state index in [1.165, 1.54) is 25.3 Å². The highest BCUT2D eigenvalue weighted by atomic mass is 79.9. The average Bonchev–Trinajstić information content (AvgIpc) is 2.53. The molecule has 0 aromatic heterocycles. The summed E-state index contributed by atoms with van der Waals surface area (Å²) >= 11 is 3.38. The van der Waals surface area contributed by atoms with Crippen LogP contribution >= 0.6 is 15.9 Å². The number of hydrogen-bond acceptors (Lipinski definition) is 4. The Bertz CT molecular complexity index is 749. The van der Waals surface area contributed by atoms with Crippen molar-refractivity contribution in [1.29, 1.82) is 0 Å². The lowest BCUT2D eigenvalue weighted by Gasteiger charge is -2.16. The molecule has 1 atom stereocenters. The first-order valence-corrected chi connectivity index (χ1v) is 7.60. The first-order valence-electron chi connectivity index (χ1n) is 6.81. The third-order valence-electron chi connectivity index (χ3n) is 3.33. The molecule has 0 aliphatic rings. The van der Waals surface area contributed by atoms with Gasteiger partial charge in [0, 0.05) is 16.6 Å². The minimum absolute atomic E-state index is 0.128. The maximum atomic E-state index is 12.4. The Morgan fingerprint density at radius 3 is 2.65 bits per heavy atom. The summed E-state index contributed by atoms with van der Waals surface area (Å²) < 4.78 is 6.02. The molecule has 0 fully saturated rings. The number of carbonyl (C=O) groups is 1. The molecule has 2 aromatic rings. The number of non-ortho nitro benzene ring substituents is 1. The minimum atomic E-state index is -0.548. The topological polar surface area (TPSA) is 81.5 Å². The maximum absolute atomic E-state index is 12.4. The number of amides is 1. The molecular weight excluding hydrogens is 364 g/mol. The summed E-state index contributed by atoms with van der Waals surface area (Å²) in [4.78, 5) is 22.8. The SMILES string of the molecule is COc1ccc([N+](=O)[O-])cc1C(=O)NC(C)c1cccc(Br)c1. The van der Waals surface area contributed by atoms with Crippen molar-refractivity contribution in [1.82, 2.24) is 5.32 Å². The quantitative estimate of drug-likeness (QED) is 0.632. The monoisotopic (exact) mass is 378 g/mol. The predicted octanol–water partition coefficient (Wildman–Crippen LogP) is 3.86. The van der Waals surface area contributed by atoms with Gasteiger partial charge in [-0.3, -0.25) is 14.9 Å². The van der Waals surface area contributed by atoms with E-state index in [0.717, 1.165) is 10.0 Å². The summed E-state index contributed by atoms with van der Waals surface area (Å²) in [5.74, 6) is -0.146. The predicted molar refractivity (Wildman–Crippen MR) is 89.7 cm³/mol. The van der Waals surface area contributed by atoms with Crippen molar-refractivity contribution in [2.24, 2.45) is 0 Å². The lowest BCUT2D eigenvalue weighted by molar-refractivity contribution is -0.384. The van der Waals surface area contributed by atoms with Crippen LogP contribution in [0.2, 0.25) is 0 Å². The zero-order chi connectivity index (χ0) is 17.0. The molecule has 0 bridgehead atoms. The normalized spacial score (nSPS) is 11.6. The van der Waals surface area contributed by atoms with Gasteiger partial charge >= 0.3 is 0 Å². The van der Waals surface area contributed by atoms with Gasteiger partial charge in [0.25, 0.3) is 11.6 Å². The molecule has 120 valence electrons. The average molecular weight is 379 g/mol. The molecule has 0 saturated carbocycles. The van der Waals surface area contributed by atoms with Gasteiger partial charge in [-0.05, 0) is 30.7 Å². The number of nitro benzene ring substituents is 1. The summed E-state index contributed by atoms with van der Waals surface area (Å²) in [6.45, 7) is 1.84. The highest BCUT2D eigenvalue weighted by molar-refractivity contribution is 9.10. The Morgan fingerprint density at radius 2 is 2.04 bits per heavy atom. The van der Waals surface area contributed by atoms with Gasteiger partial charge in [0.1, 0.15) is 5.75 Å². The molecule has 1 amide bonds. The second kappa shape index (κ2) is 7.23. The van der Waals surface area contributed by atoms with Gasteiger partial charge in [-0.1, -0.05) is 28.1 Å². The largest absolute Gasteiger partial charge is 0.496 e. The van der Waals surface area contributed by atoms with Crippen LogP contribution in [0, 0.1) is 10.1 Å². The molecule has 0 spiro atoms. The minimum Gasteiger partial charge on any atom is -0.496 e. The zero-order valence-corrected chi connectivity index (χ0v) is 14.2. The molecular formula is C16H15BrN2O4. The molecule has 0 radical (unpaired) electrons. The van der Waals surface area contributed by atoms with Crippen molar-refractivity contribution in [3.05, 3.63) is 68.2 Å². The van der Waals surface area contributed by atoms with E-state index in [0.29, 0.717) is 0 Å². The molecule has 7 heteroatoms. The van der Waals surface area contributed by atoms with Crippen molar-refractivity contribution in [3.63, 3.8) is 0 Å². The van der Waals surface area contributed by atoms with Crippen LogP contribution in [0.5, 0.6) is 5.75 Å². The number of benzene rings is 2. The first-order chi connectivity index (χ1) is 10.9. The standard InChI is InChI=1S/C16H15BrN2O4/c1-10(11-4-3-5-12(17)8-11)18-16(20)14-9-13(19(21)22)6-7-15(14)23-2/h3-10H,1-2H3,(H,18,20). The van der Waals surface area contributed by atoms with Crippen LogP contribution in [0.3, 0.4) is 0 Å². The van der Waals surface area contributed by atoms with E-state index in [-0.39, 0.29) is 23.0 Å². The summed E-state index contributed by atoms with van der Waals surface area (Å²) in [5.41, 5.74) is 0.881. The molecule has 6 nitrogen and oxygen atoms in total. The summed E-state index contributed by atoms with van der Waals surface area (Å²) in [7, 11) is 1.41. The molecule has 1 unspecified atom stereocenters. The number of halogens is 1. The Morgan fingerprint density at radius 1 is 1.30 bits per heavy atom. The molecule has 2 aromatic carbocycles. The van der Waals surface area contributed by atoms with Crippen molar-refractivity contribution < 1.29 is 14.5 Å². The third kappa shape index (κ3) is 4.07. The Balaban J connectivity index is 2.26. The van der Waals surface area contributed by atoms with Crippen LogP contribution in [-0.4, -0.2) is 17.9 Å². The van der Waals surface area contributed by atoms with Gasteiger partial charge < -0.3 is 10.1 Å². The second-order valence-corrected chi connectivity index (χ2v) is 5.81. The highest BCUT2D eigenvalue weighted by Crippen LogP contribution is 2.25. The number of carbonyl (C=O) groups excluding carboxylic acids is 1. The van der Waals surface area contributed by atoms with E-state index in [4.69, 9.17) is 4.74 Å². The lowest BCUT2D eigenvalue weighted by atomic mass is 10.1. The number of nitrogens with zero attached hydrogens (tertiary/aromatic N) is 1. The number of hydrogen-bond donors (Lipinski definition) is 1. The van der Waals surface area contributed by atoms with Crippen LogP contribution in [0.15, 0.2) is 46.9 Å². The van der Waals surface area contributed by atoms with Crippen molar-refractivity contribution >= 4 is 27.5 Å². The third-order valence-corrected chi connectivity index (χ3v) is 3.83. The van der Waals surface area contributed by atoms with Crippen molar-refractivity contribution in [2.75, 3.05) is 7.11 Å². The maximum Gasteiger partial charge on any atom is 0.270 e. The van der Waals surface area contributed by atoms with E-state index in [1.807, 2.05) is 31.2 Å². The van der Waals surface area contributed by atoms with E-state index in [2.05, 4.69) is 21.2 Å². The summed E-state index contributed by atoms with van der Waals surface area (Å²) in [6, 6.07) is 11.2. The van der Waals surface area contributed by atoms with Crippen LogP contribution in [0.25, 0.3) is 0 Å². The number of nitrogens with one attached hydrogen (secondary N) is 1. The van der Waals surface area contributed by atoms with Crippen molar-refractivity contribution in [3.8, 4) is 5.75 Å². The van der Waals surface area contributed by atoms with E-state index in [9.17, 15) is 14.9 Å².